The summed E-state index contributed by atoms with van der Waals surface area (Å²) >= 11 is 0. The van der Waals surface area contributed by atoms with Crippen LogP contribution < -0.4 is 10.6 Å². The second kappa shape index (κ2) is 6.40. The van der Waals surface area contributed by atoms with Crippen molar-refractivity contribution in [2.24, 2.45) is 23.7 Å². The number of carbonyl (C=O) groups excluding carboxylic acids is 2. The summed E-state index contributed by atoms with van der Waals surface area (Å²) in [7, 11) is 0. The number of carbonyl (C=O) groups is 2. The van der Waals surface area contributed by atoms with Crippen molar-refractivity contribution in [3.63, 3.8) is 0 Å². The normalized spacial score (nSPS) is 31.3. The summed E-state index contributed by atoms with van der Waals surface area (Å²) in [5.74, 6) is 2.17. The number of rotatable bonds is 4. The van der Waals surface area contributed by atoms with Crippen LogP contribution in [0.15, 0.2) is 0 Å². The summed E-state index contributed by atoms with van der Waals surface area (Å²) in [4.78, 5) is 23.0. The van der Waals surface area contributed by atoms with Crippen molar-refractivity contribution >= 4 is 11.8 Å². The van der Waals surface area contributed by atoms with E-state index in [4.69, 9.17) is 0 Å². The average molecular weight is 266 g/mol. The summed E-state index contributed by atoms with van der Waals surface area (Å²) in [5, 5.41) is 5.73. The molecule has 2 rings (SSSR count). The fourth-order valence-electron chi connectivity index (χ4n) is 3.24. The molecule has 4 heteroatoms. The Morgan fingerprint density at radius 3 is 2.53 bits per heavy atom. The molecule has 108 valence electrons. The van der Waals surface area contributed by atoms with Crippen LogP contribution >= 0.6 is 0 Å². The maximum absolute atomic E-state index is 11.9. The van der Waals surface area contributed by atoms with E-state index in [1.807, 2.05) is 0 Å². The summed E-state index contributed by atoms with van der Waals surface area (Å²) in [5.41, 5.74) is 0. The number of nitrogens with one attached hydrogen (secondary N) is 2. The molecule has 1 aliphatic carbocycles. The lowest BCUT2D eigenvalue weighted by Gasteiger charge is -2.31. The molecule has 1 atom stereocenters. The predicted octanol–water partition coefficient (Wildman–Crippen LogP) is 1.70. The van der Waals surface area contributed by atoms with E-state index >= 15 is 0 Å². The van der Waals surface area contributed by atoms with E-state index in [-0.39, 0.29) is 17.7 Å². The first-order valence-corrected chi connectivity index (χ1v) is 7.60. The lowest BCUT2D eigenvalue weighted by atomic mass is 9.77. The van der Waals surface area contributed by atoms with Gasteiger partial charge in [0.25, 0.3) is 0 Å². The van der Waals surface area contributed by atoms with Gasteiger partial charge in [0.15, 0.2) is 0 Å². The molecule has 0 bridgehead atoms. The molecule has 1 aliphatic heterocycles. The van der Waals surface area contributed by atoms with E-state index in [2.05, 4.69) is 24.5 Å². The van der Waals surface area contributed by atoms with Crippen LogP contribution in [0.3, 0.4) is 0 Å². The van der Waals surface area contributed by atoms with Crippen LogP contribution in [0.5, 0.6) is 0 Å². The molecule has 0 aromatic rings. The van der Waals surface area contributed by atoms with Gasteiger partial charge in [-0.05, 0) is 43.4 Å². The minimum absolute atomic E-state index is 0.00223. The first-order valence-electron chi connectivity index (χ1n) is 7.60. The van der Waals surface area contributed by atoms with Gasteiger partial charge in [-0.25, -0.2) is 0 Å². The molecule has 0 radical (unpaired) electrons. The predicted molar refractivity (Wildman–Crippen MR) is 74.4 cm³/mol. The number of hydrogen-bond acceptors (Lipinski definition) is 2. The molecule has 1 saturated carbocycles. The second-order valence-electron chi connectivity index (χ2n) is 6.48. The fourth-order valence-corrected chi connectivity index (χ4v) is 3.24. The lowest BCUT2D eigenvalue weighted by molar-refractivity contribution is -0.126. The SMILES string of the molecule is CC(C)C1CCC(CNC(=O)C2CNC(=O)C2)CC1. The zero-order valence-corrected chi connectivity index (χ0v) is 12.1. The van der Waals surface area contributed by atoms with Crippen LogP contribution in [0.25, 0.3) is 0 Å². The third kappa shape index (κ3) is 3.95. The van der Waals surface area contributed by atoms with Crippen molar-refractivity contribution in [1.29, 1.82) is 0 Å². The van der Waals surface area contributed by atoms with E-state index in [9.17, 15) is 9.59 Å². The van der Waals surface area contributed by atoms with Gasteiger partial charge in [0, 0.05) is 19.5 Å². The zero-order chi connectivity index (χ0) is 13.8. The molecule has 2 aliphatic rings. The Labute approximate surface area is 115 Å². The van der Waals surface area contributed by atoms with Crippen molar-refractivity contribution in [3.8, 4) is 0 Å². The minimum Gasteiger partial charge on any atom is -0.356 e. The molecule has 0 aromatic heterocycles. The lowest BCUT2D eigenvalue weighted by Crippen LogP contribution is -2.36. The molecule has 0 aromatic carbocycles. The summed E-state index contributed by atoms with van der Waals surface area (Å²) < 4.78 is 0. The highest BCUT2D eigenvalue weighted by Crippen LogP contribution is 2.32. The fraction of sp³-hybridized carbons (Fsp3) is 0.867. The molecule has 0 spiro atoms. The van der Waals surface area contributed by atoms with E-state index < -0.39 is 0 Å². The minimum atomic E-state index is -0.153. The van der Waals surface area contributed by atoms with Gasteiger partial charge in [0.05, 0.1) is 5.92 Å². The Kier molecular flexibility index (Phi) is 4.83. The molecule has 2 N–H and O–H groups in total. The summed E-state index contributed by atoms with van der Waals surface area (Å²) in [6.07, 6.45) is 5.39. The Morgan fingerprint density at radius 2 is 2.00 bits per heavy atom. The number of amides is 2. The van der Waals surface area contributed by atoms with Crippen molar-refractivity contribution in [2.45, 2.75) is 46.0 Å². The highest BCUT2D eigenvalue weighted by molar-refractivity contribution is 5.89. The van der Waals surface area contributed by atoms with Crippen LogP contribution in [0.4, 0.5) is 0 Å². The van der Waals surface area contributed by atoms with Gasteiger partial charge < -0.3 is 10.6 Å². The maximum Gasteiger partial charge on any atom is 0.225 e. The average Bonchev–Trinajstić information content (AvgIpc) is 2.83. The van der Waals surface area contributed by atoms with E-state index in [0.717, 1.165) is 18.4 Å². The molecule has 4 nitrogen and oxygen atoms in total. The Morgan fingerprint density at radius 1 is 1.32 bits per heavy atom. The van der Waals surface area contributed by atoms with Gasteiger partial charge in [0.2, 0.25) is 11.8 Å². The Hall–Kier alpha value is -1.06. The summed E-state index contributed by atoms with van der Waals surface area (Å²) in [6, 6.07) is 0. The van der Waals surface area contributed by atoms with E-state index in [1.54, 1.807) is 0 Å². The van der Waals surface area contributed by atoms with Crippen LogP contribution in [-0.2, 0) is 9.59 Å². The van der Waals surface area contributed by atoms with Crippen molar-refractivity contribution < 1.29 is 9.59 Å². The second-order valence-corrected chi connectivity index (χ2v) is 6.48. The smallest absolute Gasteiger partial charge is 0.225 e. The van der Waals surface area contributed by atoms with Crippen LogP contribution in [-0.4, -0.2) is 24.9 Å². The van der Waals surface area contributed by atoms with Crippen molar-refractivity contribution in [3.05, 3.63) is 0 Å². The number of hydrogen-bond donors (Lipinski definition) is 2. The topological polar surface area (TPSA) is 58.2 Å². The van der Waals surface area contributed by atoms with E-state index in [1.165, 1.54) is 25.7 Å². The highest BCUT2D eigenvalue weighted by Gasteiger charge is 2.29. The van der Waals surface area contributed by atoms with Gasteiger partial charge in [-0.2, -0.15) is 0 Å². The van der Waals surface area contributed by atoms with Crippen molar-refractivity contribution in [2.75, 3.05) is 13.1 Å². The largest absolute Gasteiger partial charge is 0.356 e. The zero-order valence-electron chi connectivity index (χ0n) is 12.1. The Bertz CT molecular complexity index is 333. The monoisotopic (exact) mass is 266 g/mol. The molecule has 19 heavy (non-hydrogen) atoms. The summed E-state index contributed by atoms with van der Waals surface area (Å²) in [6.45, 7) is 5.90. The molecule has 2 amide bonds. The quantitative estimate of drug-likeness (QED) is 0.813. The molecule has 1 unspecified atom stereocenters. The maximum atomic E-state index is 11.9. The van der Waals surface area contributed by atoms with Crippen LogP contribution in [0.2, 0.25) is 0 Å². The highest BCUT2D eigenvalue weighted by atomic mass is 16.2. The van der Waals surface area contributed by atoms with Crippen LogP contribution in [0.1, 0.15) is 46.0 Å². The first kappa shape index (κ1) is 14.4. The molecule has 1 saturated heterocycles. The van der Waals surface area contributed by atoms with Crippen molar-refractivity contribution in [1.82, 2.24) is 10.6 Å². The van der Waals surface area contributed by atoms with Gasteiger partial charge in [-0.1, -0.05) is 13.8 Å². The van der Waals surface area contributed by atoms with E-state index in [0.29, 0.717) is 18.9 Å². The molecule has 1 heterocycles. The molecular weight excluding hydrogens is 240 g/mol. The first-order chi connectivity index (χ1) is 9.06. The van der Waals surface area contributed by atoms with Gasteiger partial charge in [-0.3, -0.25) is 9.59 Å². The Balaban J connectivity index is 1.66. The third-order valence-electron chi connectivity index (χ3n) is 4.75. The molecular formula is C15H26N2O2. The van der Waals surface area contributed by atoms with Gasteiger partial charge in [0.1, 0.15) is 0 Å². The van der Waals surface area contributed by atoms with Crippen LogP contribution in [0, 0.1) is 23.7 Å². The standard InChI is InChI=1S/C15H26N2O2/c1-10(2)12-5-3-11(4-6-12)8-17-15(19)13-7-14(18)16-9-13/h10-13H,3-9H2,1-2H3,(H,16,18)(H,17,19). The molecule has 2 fully saturated rings. The van der Waals surface area contributed by atoms with Gasteiger partial charge in [-0.15, -0.1) is 0 Å². The third-order valence-corrected chi connectivity index (χ3v) is 4.75. The van der Waals surface area contributed by atoms with Gasteiger partial charge >= 0.3 is 0 Å².